The molecule has 0 spiro atoms. The minimum Gasteiger partial charge on any atom is -0.463 e. The fourth-order valence-electron chi connectivity index (χ4n) is 1.95. The van der Waals surface area contributed by atoms with Crippen LogP contribution in [0.5, 0.6) is 0 Å². The van der Waals surface area contributed by atoms with Crippen LogP contribution in [0.15, 0.2) is 0 Å². The maximum Gasteiger partial charge on any atom is 0.303 e. The van der Waals surface area contributed by atoms with Gasteiger partial charge in [0.25, 0.3) is 0 Å². The smallest absolute Gasteiger partial charge is 0.303 e. The molecule has 1 unspecified atom stereocenters. The summed E-state index contributed by atoms with van der Waals surface area (Å²) in [5, 5.41) is 9.73. The third-order valence-electron chi connectivity index (χ3n) is 2.77. The van der Waals surface area contributed by atoms with Crippen molar-refractivity contribution in [3.05, 3.63) is 0 Å². The molecule has 21 heavy (non-hydrogen) atoms. The van der Waals surface area contributed by atoms with E-state index in [2.05, 4.69) is 0 Å². The van der Waals surface area contributed by atoms with Crippen molar-refractivity contribution in [2.24, 2.45) is 5.73 Å². The predicted molar refractivity (Wildman–Crippen MR) is 66.6 cm³/mol. The normalized spacial score (nSPS) is 32.1. The van der Waals surface area contributed by atoms with Crippen LogP contribution >= 0.6 is 0 Å². The molecule has 0 amide bonds. The van der Waals surface area contributed by atoms with Gasteiger partial charge in [-0.25, -0.2) is 0 Å². The van der Waals surface area contributed by atoms with E-state index in [0.29, 0.717) is 0 Å². The first-order valence-electron chi connectivity index (χ1n) is 6.29. The van der Waals surface area contributed by atoms with Crippen molar-refractivity contribution in [3.8, 4) is 0 Å². The summed E-state index contributed by atoms with van der Waals surface area (Å²) in [6.45, 7) is 3.22. The quantitative estimate of drug-likeness (QED) is 0.468. The lowest BCUT2D eigenvalue weighted by molar-refractivity contribution is -0.260. The standard InChI is InChI=1S/C12H19NO8/c1-5(14)18-4-8-10(19-6(2)15)11(20-7(3)16)9(13)12(17)21-8/h8-12,17H,4,13H2,1-3H3/t8?,9-,10-,11+,12+/m0/s1. The molecule has 5 atom stereocenters. The van der Waals surface area contributed by atoms with E-state index in [0.717, 1.165) is 13.8 Å². The Morgan fingerprint density at radius 3 is 2.05 bits per heavy atom. The van der Waals surface area contributed by atoms with Crippen LogP contribution in [0.1, 0.15) is 20.8 Å². The molecular formula is C12H19NO8. The Balaban J connectivity index is 2.94. The second-order valence-electron chi connectivity index (χ2n) is 4.59. The first kappa shape index (κ1) is 17.3. The van der Waals surface area contributed by atoms with Crippen LogP contribution in [0, 0.1) is 0 Å². The van der Waals surface area contributed by atoms with E-state index in [4.69, 9.17) is 24.7 Å². The molecule has 9 heteroatoms. The summed E-state index contributed by atoms with van der Waals surface area (Å²) in [5.74, 6) is -1.89. The van der Waals surface area contributed by atoms with Crippen LogP contribution in [0.2, 0.25) is 0 Å². The Morgan fingerprint density at radius 1 is 1.05 bits per heavy atom. The number of esters is 3. The summed E-state index contributed by atoms with van der Waals surface area (Å²) >= 11 is 0. The number of nitrogens with two attached hydrogens (primary N) is 1. The first-order valence-corrected chi connectivity index (χ1v) is 6.29. The van der Waals surface area contributed by atoms with Crippen molar-refractivity contribution in [1.29, 1.82) is 0 Å². The number of hydrogen-bond acceptors (Lipinski definition) is 9. The van der Waals surface area contributed by atoms with Gasteiger partial charge < -0.3 is 29.8 Å². The molecule has 0 radical (unpaired) electrons. The molecule has 0 aromatic heterocycles. The molecule has 1 saturated heterocycles. The van der Waals surface area contributed by atoms with Gasteiger partial charge in [-0.1, -0.05) is 0 Å². The number of hydrogen-bond donors (Lipinski definition) is 2. The van der Waals surface area contributed by atoms with Crippen LogP contribution in [0.25, 0.3) is 0 Å². The van der Waals surface area contributed by atoms with Crippen molar-refractivity contribution in [2.75, 3.05) is 6.61 Å². The highest BCUT2D eigenvalue weighted by Crippen LogP contribution is 2.24. The van der Waals surface area contributed by atoms with Gasteiger partial charge in [-0.05, 0) is 0 Å². The molecule has 0 aromatic rings. The zero-order chi connectivity index (χ0) is 16.2. The van der Waals surface area contributed by atoms with Gasteiger partial charge >= 0.3 is 17.9 Å². The fraction of sp³-hybridized carbons (Fsp3) is 0.750. The molecule has 1 heterocycles. The Labute approximate surface area is 121 Å². The second kappa shape index (κ2) is 7.34. The fourth-order valence-corrected chi connectivity index (χ4v) is 1.95. The van der Waals surface area contributed by atoms with Gasteiger partial charge in [0.15, 0.2) is 18.5 Å². The number of ether oxygens (including phenoxy) is 4. The lowest BCUT2D eigenvalue weighted by Gasteiger charge is -2.41. The Hall–Kier alpha value is -1.71. The van der Waals surface area contributed by atoms with Crippen molar-refractivity contribution < 1.29 is 38.4 Å². The predicted octanol–water partition coefficient (Wildman–Crippen LogP) is -1.54. The average molecular weight is 305 g/mol. The molecule has 0 aromatic carbocycles. The van der Waals surface area contributed by atoms with E-state index < -0.39 is 48.6 Å². The molecule has 1 fully saturated rings. The Bertz CT molecular complexity index is 412. The highest BCUT2D eigenvalue weighted by atomic mass is 16.7. The summed E-state index contributed by atoms with van der Waals surface area (Å²) in [4.78, 5) is 33.2. The van der Waals surface area contributed by atoms with Gasteiger partial charge in [0, 0.05) is 20.8 Å². The van der Waals surface area contributed by atoms with E-state index in [1.54, 1.807) is 0 Å². The molecule has 0 saturated carbocycles. The first-order chi connectivity index (χ1) is 9.72. The lowest BCUT2D eigenvalue weighted by atomic mass is 9.97. The van der Waals surface area contributed by atoms with Crippen molar-refractivity contribution >= 4 is 17.9 Å². The largest absolute Gasteiger partial charge is 0.463 e. The topological polar surface area (TPSA) is 134 Å². The maximum absolute atomic E-state index is 11.2. The van der Waals surface area contributed by atoms with Crippen LogP contribution in [0.4, 0.5) is 0 Å². The number of carbonyl (C=O) groups excluding carboxylic acids is 3. The molecule has 1 aliphatic heterocycles. The van der Waals surface area contributed by atoms with E-state index in [-0.39, 0.29) is 6.61 Å². The molecule has 9 nitrogen and oxygen atoms in total. The highest BCUT2D eigenvalue weighted by Gasteiger charge is 2.48. The summed E-state index contributed by atoms with van der Waals surface area (Å²) in [7, 11) is 0. The third kappa shape index (κ3) is 4.96. The van der Waals surface area contributed by atoms with Crippen LogP contribution in [0.3, 0.4) is 0 Å². The number of aliphatic hydroxyl groups is 1. The van der Waals surface area contributed by atoms with Crippen LogP contribution in [-0.4, -0.2) is 60.3 Å². The number of rotatable bonds is 4. The average Bonchev–Trinajstić information content (AvgIpc) is 2.35. The molecule has 1 aliphatic rings. The molecule has 0 aliphatic carbocycles. The summed E-state index contributed by atoms with van der Waals surface area (Å²) < 4.78 is 20.0. The molecule has 0 bridgehead atoms. The minimum atomic E-state index is -1.46. The molecule has 1 rings (SSSR count). The van der Waals surface area contributed by atoms with E-state index in [9.17, 15) is 19.5 Å². The van der Waals surface area contributed by atoms with Gasteiger partial charge in [-0.15, -0.1) is 0 Å². The molecular weight excluding hydrogens is 286 g/mol. The Kier molecular flexibility index (Phi) is 6.06. The van der Waals surface area contributed by atoms with Gasteiger partial charge in [-0.3, -0.25) is 14.4 Å². The van der Waals surface area contributed by atoms with Crippen molar-refractivity contribution in [3.63, 3.8) is 0 Å². The van der Waals surface area contributed by atoms with Crippen LogP contribution < -0.4 is 5.73 Å². The van der Waals surface area contributed by atoms with E-state index in [1.807, 2.05) is 0 Å². The maximum atomic E-state index is 11.2. The summed E-state index contributed by atoms with van der Waals surface area (Å²) in [6.07, 6.45) is -4.67. The molecule has 120 valence electrons. The minimum absolute atomic E-state index is 0.283. The van der Waals surface area contributed by atoms with E-state index in [1.165, 1.54) is 6.92 Å². The number of carbonyl (C=O) groups is 3. The van der Waals surface area contributed by atoms with Crippen LogP contribution in [-0.2, 0) is 33.3 Å². The lowest BCUT2D eigenvalue weighted by Crippen LogP contribution is -2.64. The number of aliphatic hydroxyl groups excluding tert-OH is 1. The van der Waals surface area contributed by atoms with Crippen molar-refractivity contribution in [1.82, 2.24) is 0 Å². The Morgan fingerprint density at radius 2 is 1.57 bits per heavy atom. The zero-order valence-electron chi connectivity index (χ0n) is 12.0. The van der Waals surface area contributed by atoms with Gasteiger partial charge in [-0.2, -0.15) is 0 Å². The summed E-state index contributed by atoms with van der Waals surface area (Å²) in [6, 6.07) is -1.10. The second-order valence-corrected chi connectivity index (χ2v) is 4.59. The molecule has 3 N–H and O–H groups in total. The van der Waals surface area contributed by atoms with Gasteiger partial charge in [0.05, 0.1) is 6.04 Å². The third-order valence-corrected chi connectivity index (χ3v) is 2.77. The van der Waals surface area contributed by atoms with Gasteiger partial charge in [0.2, 0.25) is 0 Å². The summed E-state index contributed by atoms with van der Waals surface area (Å²) in [5.41, 5.74) is 5.70. The van der Waals surface area contributed by atoms with Gasteiger partial charge in [0.1, 0.15) is 12.7 Å². The monoisotopic (exact) mass is 305 g/mol. The van der Waals surface area contributed by atoms with E-state index >= 15 is 0 Å². The SMILES string of the molecule is CC(=O)OCC1O[C@@H](O)[C@@H](N)[C@@H](OC(C)=O)[C@H]1OC(C)=O. The van der Waals surface area contributed by atoms with Crippen molar-refractivity contribution in [2.45, 2.75) is 51.4 Å². The highest BCUT2D eigenvalue weighted by molar-refractivity contribution is 5.67. The zero-order valence-corrected chi connectivity index (χ0v) is 12.0.